The second-order valence-electron chi connectivity index (χ2n) is 7.85. The minimum atomic E-state index is -0.672. The summed E-state index contributed by atoms with van der Waals surface area (Å²) in [6.45, 7) is 4.48. The molecular formula is C27H29ClN2O3. The van der Waals surface area contributed by atoms with Crippen LogP contribution in [0.5, 0.6) is 5.75 Å². The number of aryl methyl sites for hydroxylation is 1. The quantitative estimate of drug-likeness (QED) is 0.468. The van der Waals surface area contributed by atoms with Gasteiger partial charge in [-0.15, -0.1) is 0 Å². The second kappa shape index (κ2) is 12.1. The number of nitrogens with zero attached hydrogens (tertiary/aromatic N) is 1. The Bertz CT molecular complexity index is 1050. The Balaban J connectivity index is 1.88. The molecule has 0 aliphatic carbocycles. The van der Waals surface area contributed by atoms with Crippen molar-refractivity contribution >= 4 is 23.4 Å². The molecule has 172 valence electrons. The third kappa shape index (κ3) is 7.36. The molecule has 6 heteroatoms. The van der Waals surface area contributed by atoms with E-state index in [0.29, 0.717) is 30.3 Å². The maximum absolute atomic E-state index is 13.4. The average Bonchev–Trinajstić information content (AvgIpc) is 2.81. The van der Waals surface area contributed by atoms with Gasteiger partial charge in [0.1, 0.15) is 11.8 Å². The molecule has 0 unspecified atom stereocenters. The van der Waals surface area contributed by atoms with E-state index in [1.54, 1.807) is 29.2 Å². The average molecular weight is 465 g/mol. The minimum absolute atomic E-state index is 0.182. The number of hydrogen-bond donors (Lipinski definition) is 1. The molecule has 5 nitrogen and oxygen atoms in total. The van der Waals surface area contributed by atoms with Crippen LogP contribution >= 0.6 is 11.6 Å². The highest BCUT2D eigenvalue weighted by atomic mass is 35.5. The molecule has 33 heavy (non-hydrogen) atoms. The van der Waals surface area contributed by atoms with E-state index in [2.05, 4.69) is 5.32 Å². The predicted molar refractivity (Wildman–Crippen MR) is 131 cm³/mol. The van der Waals surface area contributed by atoms with Crippen molar-refractivity contribution in [2.75, 3.05) is 13.2 Å². The van der Waals surface area contributed by atoms with Crippen LogP contribution < -0.4 is 10.1 Å². The van der Waals surface area contributed by atoms with E-state index in [1.165, 1.54) is 0 Å². The summed E-state index contributed by atoms with van der Waals surface area (Å²) in [5, 5.41) is 3.48. The Morgan fingerprint density at radius 2 is 1.67 bits per heavy atom. The van der Waals surface area contributed by atoms with Gasteiger partial charge in [0.2, 0.25) is 5.91 Å². The highest BCUT2D eigenvalue weighted by Gasteiger charge is 2.30. The third-order valence-corrected chi connectivity index (χ3v) is 5.49. The lowest BCUT2D eigenvalue weighted by atomic mass is 10.0. The summed E-state index contributed by atoms with van der Waals surface area (Å²) in [5.74, 6) is 0.0911. The van der Waals surface area contributed by atoms with Gasteiger partial charge in [0, 0.05) is 24.5 Å². The Hall–Kier alpha value is -3.31. The number of carbonyl (C=O) groups is 2. The second-order valence-corrected chi connectivity index (χ2v) is 8.29. The van der Waals surface area contributed by atoms with Crippen LogP contribution in [0.25, 0.3) is 0 Å². The van der Waals surface area contributed by atoms with Crippen LogP contribution in [0.1, 0.15) is 23.6 Å². The molecular weight excluding hydrogens is 436 g/mol. The number of halogens is 1. The monoisotopic (exact) mass is 464 g/mol. The molecule has 0 bridgehead atoms. The molecule has 3 rings (SSSR count). The van der Waals surface area contributed by atoms with Gasteiger partial charge in [-0.2, -0.15) is 0 Å². The van der Waals surface area contributed by atoms with Crippen LogP contribution in [-0.2, 0) is 22.6 Å². The number of rotatable bonds is 10. The molecule has 1 atom stereocenters. The number of amides is 2. The number of benzene rings is 3. The first-order valence-corrected chi connectivity index (χ1v) is 11.4. The summed E-state index contributed by atoms with van der Waals surface area (Å²) in [4.78, 5) is 28.1. The largest absolute Gasteiger partial charge is 0.484 e. The minimum Gasteiger partial charge on any atom is -0.484 e. The van der Waals surface area contributed by atoms with E-state index in [0.717, 1.165) is 16.7 Å². The van der Waals surface area contributed by atoms with Crippen molar-refractivity contribution in [3.63, 3.8) is 0 Å². The van der Waals surface area contributed by atoms with Crippen molar-refractivity contribution in [2.45, 2.75) is 32.9 Å². The molecule has 2 amide bonds. The summed E-state index contributed by atoms with van der Waals surface area (Å²) in [5.41, 5.74) is 3.03. The van der Waals surface area contributed by atoms with E-state index in [9.17, 15) is 9.59 Å². The molecule has 3 aromatic carbocycles. The van der Waals surface area contributed by atoms with Crippen LogP contribution in [0.15, 0.2) is 78.9 Å². The van der Waals surface area contributed by atoms with Gasteiger partial charge < -0.3 is 15.0 Å². The Labute approximate surface area is 200 Å². The zero-order chi connectivity index (χ0) is 23.6. The van der Waals surface area contributed by atoms with Crippen LogP contribution in [-0.4, -0.2) is 35.9 Å². The molecule has 0 heterocycles. The lowest BCUT2D eigenvalue weighted by Gasteiger charge is -2.31. The fourth-order valence-electron chi connectivity index (χ4n) is 3.61. The molecule has 0 fully saturated rings. The number of carbonyl (C=O) groups excluding carboxylic acids is 2. The SMILES string of the molecule is CCNC(=O)[C@@H](Cc1ccccc1)N(Cc1cccc(C)c1)C(=O)COc1ccc(Cl)cc1. The first kappa shape index (κ1) is 24.3. The smallest absolute Gasteiger partial charge is 0.261 e. The fourth-order valence-corrected chi connectivity index (χ4v) is 3.74. The predicted octanol–water partition coefficient (Wildman–Crippen LogP) is 4.80. The van der Waals surface area contributed by atoms with Crippen molar-refractivity contribution in [1.29, 1.82) is 0 Å². The lowest BCUT2D eigenvalue weighted by Crippen LogP contribution is -2.51. The topological polar surface area (TPSA) is 58.6 Å². The zero-order valence-electron chi connectivity index (χ0n) is 19.0. The highest BCUT2D eigenvalue weighted by Crippen LogP contribution is 2.18. The Morgan fingerprint density at radius 1 is 0.970 bits per heavy atom. The number of likely N-dealkylation sites (N-methyl/N-ethyl adjacent to an activating group) is 1. The molecule has 0 aliphatic heterocycles. The zero-order valence-corrected chi connectivity index (χ0v) is 19.7. The normalized spacial score (nSPS) is 11.5. The van der Waals surface area contributed by atoms with Gasteiger partial charge in [-0.1, -0.05) is 71.8 Å². The Morgan fingerprint density at radius 3 is 2.33 bits per heavy atom. The van der Waals surface area contributed by atoms with Crippen molar-refractivity contribution in [1.82, 2.24) is 10.2 Å². The standard InChI is InChI=1S/C27H29ClN2O3/c1-3-29-27(32)25(17-21-9-5-4-6-10-21)30(18-22-11-7-8-20(2)16-22)26(31)19-33-24-14-12-23(28)13-15-24/h4-16,25H,3,17-19H2,1-2H3,(H,29,32)/t25-/m1/s1. The van der Waals surface area contributed by atoms with Gasteiger partial charge in [0.05, 0.1) is 0 Å². The summed E-state index contributed by atoms with van der Waals surface area (Å²) in [6.07, 6.45) is 0.408. The molecule has 3 aromatic rings. The first-order valence-electron chi connectivity index (χ1n) is 11.0. The van der Waals surface area contributed by atoms with Crippen LogP contribution in [0.3, 0.4) is 0 Å². The third-order valence-electron chi connectivity index (χ3n) is 5.23. The summed E-state index contributed by atoms with van der Waals surface area (Å²) >= 11 is 5.94. The van der Waals surface area contributed by atoms with Gasteiger partial charge in [-0.25, -0.2) is 0 Å². The van der Waals surface area contributed by atoms with E-state index >= 15 is 0 Å². The highest BCUT2D eigenvalue weighted by molar-refractivity contribution is 6.30. The van der Waals surface area contributed by atoms with Crippen molar-refractivity contribution in [3.05, 3.63) is 101 Å². The van der Waals surface area contributed by atoms with Gasteiger partial charge in [0.25, 0.3) is 5.91 Å². The number of nitrogens with one attached hydrogen (secondary N) is 1. The Kier molecular flexibility index (Phi) is 8.90. The van der Waals surface area contributed by atoms with Gasteiger partial charge in [-0.05, 0) is 49.2 Å². The van der Waals surface area contributed by atoms with Crippen LogP contribution in [0.4, 0.5) is 0 Å². The van der Waals surface area contributed by atoms with Crippen molar-refractivity contribution < 1.29 is 14.3 Å². The maximum atomic E-state index is 13.4. The molecule has 0 radical (unpaired) electrons. The van der Waals surface area contributed by atoms with E-state index in [1.807, 2.05) is 68.4 Å². The van der Waals surface area contributed by atoms with Gasteiger partial charge in [-0.3, -0.25) is 9.59 Å². The molecule has 0 aliphatic rings. The molecule has 0 aromatic heterocycles. The lowest BCUT2D eigenvalue weighted by molar-refractivity contribution is -0.142. The van der Waals surface area contributed by atoms with Crippen molar-refractivity contribution in [2.24, 2.45) is 0 Å². The van der Waals surface area contributed by atoms with Gasteiger partial charge >= 0.3 is 0 Å². The van der Waals surface area contributed by atoms with Gasteiger partial charge in [0.15, 0.2) is 6.61 Å². The molecule has 1 N–H and O–H groups in total. The summed E-state index contributed by atoms with van der Waals surface area (Å²) in [6, 6.07) is 23.8. The number of ether oxygens (including phenoxy) is 1. The number of hydrogen-bond acceptors (Lipinski definition) is 3. The summed E-state index contributed by atoms with van der Waals surface area (Å²) in [7, 11) is 0. The maximum Gasteiger partial charge on any atom is 0.261 e. The summed E-state index contributed by atoms with van der Waals surface area (Å²) < 4.78 is 5.72. The fraction of sp³-hybridized carbons (Fsp3) is 0.259. The van der Waals surface area contributed by atoms with Crippen LogP contribution in [0, 0.1) is 6.92 Å². The van der Waals surface area contributed by atoms with E-state index in [-0.39, 0.29) is 18.4 Å². The molecule has 0 spiro atoms. The van der Waals surface area contributed by atoms with E-state index in [4.69, 9.17) is 16.3 Å². The first-order chi connectivity index (χ1) is 16.0. The molecule has 0 saturated heterocycles. The molecule has 0 saturated carbocycles. The van der Waals surface area contributed by atoms with Crippen molar-refractivity contribution in [3.8, 4) is 5.75 Å². The van der Waals surface area contributed by atoms with Crippen LogP contribution in [0.2, 0.25) is 5.02 Å². The van der Waals surface area contributed by atoms with E-state index < -0.39 is 6.04 Å².